The van der Waals surface area contributed by atoms with Gasteiger partial charge < -0.3 is 10.2 Å². The van der Waals surface area contributed by atoms with Crippen LogP contribution in [0.1, 0.15) is 71.6 Å². The molecular weight excluding hydrogens is 272 g/mol. The molecule has 0 aromatic rings. The summed E-state index contributed by atoms with van der Waals surface area (Å²) in [5.74, 6) is 2.76. The predicted molar refractivity (Wildman–Crippen MR) is 90.7 cm³/mol. The average Bonchev–Trinajstić information content (AvgIpc) is 2.84. The Labute approximate surface area is 136 Å². The van der Waals surface area contributed by atoms with Crippen molar-refractivity contribution in [3.8, 4) is 0 Å². The summed E-state index contributed by atoms with van der Waals surface area (Å²) < 4.78 is 0. The number of likely N-dealkylation sites (tertiary alicyclic amines) is 1. The lowest BCUT2D eigenvalue weighted by molar-refractivity contribution is -0.133. The molecule has 3 heterocycles. The van der Waals surface area contributed by atoms with E-state index in [0.29, 0.717) is 23.9 Å². The number of piperidine rings is 2. The zero-order chi connectivity index (χ0) is 15.5. The Morgan fingerprint density at radius 2 is 1.68 bits per heavy atom. The summed E-state index contributed by atoms with van der Waals surface area (Å²) in [6, 6.07) is 1.41. The van der Waals surface area contributed by atoms with Gasteiger partial charge in [-0.1, -0.05) is 26.7 Å². The maximum absolute atomic E-state index is 12.6. The molecule has 2 atom stereocenters. The van der Waals surface area contributed by atoms with Crippen molar-refractivity contribution in [3.05, 3.63) is 0 Å². The van der Waals surface area contributed by atoms with E-state index in [0.717, 1.165) is 31.3 Å². The first-order chi connectivity index (χ1) is 10.6. The van der Waals surface area contributed by atoms with Gasteiger partial charge >= 0.3 is 0 Å². The Balaban J connectivity index is 1.38. The fourth-order valence-corrected chi connectivity index (χ4v) is 4.76. The Kier molecular flexibility index (Phi) is 5.43. The standard InChI is InChI=1S/C19H34N2O/c1-14(2)3-4-15-7-9-21(10-8-15)19(22)13-16-11-17-5-6-18(12-16)20-17/h14-18,20H,3-13H2,1-2H3. The number of hydrogen-bond donors (Lipinski definition) is 1. The number of carbonyl (C=O) groups is 1. The Morgan fingerprint density at radius 3 is 2.27 bits per heavy atom. The van der Waals surface area contributed by atoms with E-state index in [-0.39, 0.29) is 0 Å². The van der Waals surface area contributed by atoms with Crippen LogP contribution in [-0.2, 0) is 4.79 Å². The van der Waals surface area contributed by atoms with Crippen molar-refractivity contribution < 1.29 is 4.79 Å². The second kappa shape index (κ2) is 7.33. The minimum atomic E-state index is 0.439. The highest BCUT2D eigenvalue weighted by atomic mass is 16.2. The van der Waals surface area contributed by atoms with Crippen molar-refractivity contribution in [2.24, 2.45) is 17.8 Å². The van der Waals surface area contributed by atoms with E-state index < -0.39 is 0 Å². The quantitative estimate of drug-likeness (QED) is 0.842. The molecule has 3 aliphatic rings. The summed E-state index contributed by atoms with van der Waals surface area (Å²) in [7, 11) is 0. The Bertz CT molecular complexity index is 362. The van der Waals surface area contributed by atoms with Crippen LogP contribution in [0.25, 0.3) is 0 Å². The van der Waals surface area contributed by atoms with E-state index in [1.54, 1.807) is 0 Å². The molecule has 3 fully saturated rings. The number of nitrogens with zero attached hydrogens (tertiary/aromatic N) is 1. The van der Waals surface area contributed by atoms with Crippen molar-refractivity contribution in [2.75, 3.05) is 13.1 Å². The number of carbonyl (C=O) groups excluding carboxylic acids is 1. The highest BCUT2D eigenvalue weighted by Crippen LogP contribution is 2.33. The molecule has 0 spiro atoms. The van der Waals surface area contributed by atoms with Crippen LogP contribution >= 0.6 is 0 Å². The second-order valence-electron chi connectivity index (χ2n) is 8.47. The van der Waals surface area contributed by atoms with Crippen LogP contribution in [0, 0.1) is 17.8 Å². The fraction of sp³-hybridized carbons (Fsp3) is 0.947. The van der Waals surface area contributed by atoms with Gasteiger partial charge in [0.15, 0.2) is 0 Å². The van der Waals surface area contributed by atoms with Gasteiger partial charge in [-0.15, -0.1) is 0 Å². The molecule has 3 rings (SSSR count). The molecule has 0 radical (unpaired) electrons. The third-order valence-electron chi connectivity index (χ3n) is 6.15. The van der Waals surface area contributed by atoms with Gasteiger partial charge in [-0.25, -0.2) is 0 Å². The number of nitrogens with one attached hydrogen (secondary N) is 1. The first-order valence-corrected chi connectivity index (χ1v) is 9.64. The molecule has 0 aromatic heterocycles. The molecule has 0 aromatic carbocycles. The molecule has 22 heavy (non-hydrogen) atoms. The summed E-state index contributed by atoms with van der Waals surface area (Å²) in [5.41, 5.74) is 0. The molecule has 126 valence electrons. The van der Waals surface area contributed by atoms with Gasteiger partial charge in [-0.05, 0) is 56.3 Å². The van der Waals surface area contributed by atoms with Gasteiger partial charge in [0.2, 0.25) is 5.91 Å². The van der Waals surface area contributed by atoms with Crippen molar-refractivity contribution in [2.45, 2.75) is 83.7 Å². The molecule has 3 heteroatoms. The summed E-state index contributed by atoms with van der Waals surface area (Å²) >= 11 is 0. The average molecular weight is 306 g/mol. The number of fused-ring (bicyclic) bond motifs is 2. The fourth-order valence-electron chi connectivity index (χ4n) is 4.76. The molecule has 1 amide bonds. The van der Waals surface area contributed by atoms with E-state index in [1.807, 2.05) is 0 Å². The van der Waals surface area contributed by atoms with Crippen molar-refractivity contribution in [1.29, 1.82) is 0 Å². The first kappa shape index (κ1) is 16.3. The summed E-state index contributed by atoms with van der Waals surface area (Å²) in [6.07, 6.45) is 11.1. The SMILES string of the molecule is CC(C)CCC1CCN(C(=O)CC2CC3CCC(C2)N3)CC1. The first-order valence-electron chi connectivity index (χ1n) is 9.64. The topological polar surface area (TPSA) is 32.3 Å². The van der Waals surface area contributed by atoms with E-state index in [2.05, 4.69) is 24.1 Å². The van der Waals surface area contributed by atoms with Gasteiger partial charge in [0.05, 0.1) is 0 Å². The lowest BCUT2D eigenvalue weighted by Crippen LogP contribution is -2.42. The molecule has 1 N–H and O–H groups in total. The smallest absolute Gasteiger partial charge is 0.222 e. The largest absolute Gasteiger partial charge is 0.343 e. The third-order valence-corrected chi connectivity index (χ3v) is 6.15. The van der Waals surface area contributed by atoms with E-state index in [1.165, 1.54) is 51.4 Å². The van der Waals surface area contributed by atoms with Gasteiger partial charge in [0, 0.05) is 31.6 Å². The minimum absolute atomic E-state index is 0.439. The minimum Gasteiger partial charge on any atom is -0.343 e. The molecule has 3 nitrogen and oxygen atoms in total. The van der Waals surface area contributed by atoms with Crippen LogP contribution in [0.2, 0.25) is 0 Å². The van der Waals surface area contributed by atoms with Crippen LogP contribution in [0.3, 0.4) is 0 Å². The van der Waals surface area contributed by atoms with Crippen molar-refractivity contribution in [1.82, 2.24) is 10.2 Å². The van der Waals surface area contributed by atoms with Crippen LogP contribution in [0.5, 0.6) is 0 Å². The molecule has 0 saturated carbocycles. The van der Waals surface area contributed by atoms with Crippen LogP contribution in [0.4, 0.5) is 0 Å². The highest BCUT2D eigenvalue weighted by Gasteiger charge is 2.35. The Morgan fingerprint density at radius 1 is 1.05 bits per heavy atom. The third kappa shape index (κ3) is 4.24. The molecule has 0 aliphatic carbocycles. The van der Waals surface area contributed by atoms with Gasteiger partial charge in [0.1, 0.15) is 0 Å². The van der Waals surface area contributed by atoms with Crippen LogP contribution in [0.15, 0.2) is 0 Å². The molecule has 3 aliphatic heterocycles. The maximum Gasteiger partial charge on any atom is 0.222 e. The van der Waals surface area contributed by atoms with Crippen molar-refractivity contribution in [3.63, 3.8) is 0 Å². The number of rotatable bonds is 5. The second-order valence-corrected chi connectivity index (χ2v) is 8.47. The normalized spacial score (nSPS) is 32.7. The number of amides is 1. The number of hydrogen-bond acceptors (Lipinski definition) is 2. The molecule has 2 unspecified atom stereocenters. The van der Waals surface area contributed by atoms with Gasteiger partial charge in [0.25, 0.3) is 0 Å². The zero-order valence-electron chi connectivity index (χ0n) is 14.5. The highest BCUT2D eigenvalue weighted by molar-refractivity contribution is 5.76. The summed E-state index contributed by atoms with van der Waals surface area (Å²) in [4.78, 5) is 14.7. The van der Waals surface area contributed by atoms with Crippen LogP contribution in [-0.4, -0.2) is 36.0 Å². The lowest BCUT2D eigenvalue weighted by atomic mass is 9.87. The lowest BCUT2D eigenvalue weighted by Gasteiger charge is -2.35. The van der Waals surface area contributed by atoms with Gasteiger partial charge in [-0.2, -0.15) is 0 Å². The van der Waals surface area contributed by atoms with E-state index >= 15 is 0 Å². The zero-order valence-corrected chi connectivity index (χ0v) is 14.5. The van der Waals surface area contributed by atoms with E-state index in [4.69, 9.17) is 0 Å². The van der Waals surface area contributed by atoms with E-state index in [9.17, 15) is 4.79 Å². The van der Waals surface area contributed by atoms with Gasteiger partial charge in [-0.3, -0.25) is 4.79 Å². The van der Waals surface area contributed by atoms with Crippen molar-refractivity contribution >= 4 is 5.91 Å². The maximum atomic E-state index is 12.6. The predicted octanol–water partition coefficient (Wildman–Crippen LogP) is 3.58. The summed E-state index contributed by atoms with van der Waals surface area (Å²) in [5, 5.41) is 3.68. The summed E-state index contributed by atoms with van der Waals surface area (Å²) in [6.45, 7) is 6.65. The molecular formula is C19H34N2O. The molecule has 3 saturated heterocycles. The Hall–Kier alpha value is -0.570. The molecule has 2 bridgehead atoms. The van der Waals surface area contributed by atoms with Crippen LogP contribution < -0.4 is 5.32 Å². The monoisotopic (exact) mass is 306 g/mol.